The Bertz CT molecular complexity index is 474. The standard InChI is InChI=1S/C12H13ClN2OS/c13-8-10-1-2-12(11(7-10)9-14)15-3-5-17(16)6-4-15/h1-2,7H,3-6,8H2. The number of anilines is 1. The van der Waals surface area contributed by atoms with Gasteiger partial charge in [0.2, 0.25) is 0 Å². The largest absolute Gasteiger partial charge is 0.369 e. The second-order valence-electron chi connectivity index (χ2n) is 3.93. The fraction of sp³-hybridized carbons (Fsp3) is 0.417. The van der Waals surface area contributed by atoms with E-state index >= 15 is 0 Å². The van der Waals surface area contributed by atoms with Crippen LogP contribution >= 0.6 is 11.6 Å². The highest BCUT2D eigenvalue weighted by atomic mass is 35.5. The summed E-state index contributed by atoms with van der Waals surface area (Å²) < 4.78 is 11.3. The minimum Gasteiger partial charge on any atom is -0.369 e. The molecule has 1 saturated heterocycles. The Kier molecular flexibility index (Phi) is 4.03. The first-order valence-corrected chi connectivity index (χ1v) is 7.46. The van der Waals surface area contributed by atoms with Crippen LogP contribution in [0.1, 0.15) is 11.1 Å². The summed E-state index contributed by atoms with van der Waals surface area (Å²) in [5.74, 6) is 1.78. The molecular formula is C12H13ClN2OS. The molecule has 0 unspecified atom stereocenters. The molecule has 1 fully saturated rings. The van der Waals surface area contributed by atoms with E-state index in [0.29, 0.717) is 22.9 Å². The minimum absolute atomic E-state index is 0.416. The van der Waals surface area contributed by atoms with E-state index in [4.69, 9.17) is 16.9 Å². The zero-order valence-corrected chi connectivity index (χ0v) is 10.9. The van der Waals surface area contributed by atoms with E-state index in [1.807, 2.05) is 18.2 Å². The highest BCUT2D eigenvalue weighted by Gasteiger charge is 2.18. The van der Waals surface area contributed by atoms with Crippen molar-refractivity contribution in [2.75, 3.05) is 29.5 Å². The first-order chi connectivity index (χ1) is 8.24. The lowest BCUT2D eigenvalue weighted by molar-refractivity contribution is 0.673. The third-order valence-corrected chi connectivity index (χ3v) is 4.44. The van der Waals surface area contributed by atoms with Crippen LogP contribution in [0.25, 0.3) is 0 Å². The fourth-order valence-electron chi connectivity index (χ4n) is 1.91. The quantitative estimate of drug-likeness (QED) is 0.769. The van der Waals surface area contributed by atoms with Gasteiger partial charge in [0.1, 0.15) is 6.07 Å². The Morgan fingerprint density at radius 1 is 1.41 bits per heavy atom. The average Bonchev–Trinajstić information content (AvgIpc) is 2.39. The summed E-state index contributed by atoms with van der Waals surface area (Å²) in [4.78, 5) is 2.12. The molecule has 17 heavy (non-hydrogen) atoms. The summed E-state index contributed by atoms with van der Waals surface area (Å²) in [6.07, 6.45) is 0. The molecular weight excluding hydrogens is 256 g/mol. The van der Waals surface area contributed by atoms with Crippen LogP contribution in [0.5, 0.6) is 0 Å². The number of rotatable bonds is 2. The maximum Gasteiger partial charge on any atom is 0.101 e. The molecule has 1 aliphatic heterocycles. The first kappa shape index (κ1) is 12.4. The van der Waals surface area contributed by atoms with Gasteiger partial charge in [-0.1, -0.05) is 6.07 Å². The predicted molar refractivity (Wildman–Crippen MR) is 70.8 cm³/mol. The van der Waals surface area contributed by atoms with Gasteiger partial charge in [0, 0.05) is 41.3 Å². The normalized spacial score (nSPS) is 16.8. The number of hydrogen-bond acceptors (Lipinski definition) is 3. The third kappa shape index (κ3) is 2.80. The smallest absolute Gasteiger partial charge is 0.101 e. The van der Waals surface area contributed by atoms with Crippen molar-refractivity contribution >= 4 is 28.1 Å². The Morgan fingerprint density at radius 2 is 2.12 bits per heavy atom. The number of alkyl halides is 1. The SMILES string of the molecule is N#Cc1cc(CCl)ccc1N1CCS(=O)CC1. The molecule has 90 valence electrons. The van der Waals surface area contributed by atoms with E-state index in [9.17, 15) is 4.21 Å². The van der Waals surface area contributed by atoms with Crippen LogP contribution in [0.15, 0.2) is 18.2 Å². The lowest BCUT2D eigenvalue weighted by atomic mass is 10.1. The number of benzene rings is 1. The molecule has 0 atom stereocenters. The third-order valence-electron chi connectivity index (χ3n) is 2.85. The Balaban J connectivity index is 2.26. The molecule has 0 N–H and O–H groups in total. The summed E-state index contributed by atoms with van der Waals surface area (Å²) in [5.41, 5.74) is 2.53. The molecule has 3 nitrogen and oxygen atoms in total. The van der Waals surface area contributed by atoms with Gasteiger partial charge in [-0.15, -0.1) is 11.6 Å². The molecule has 0 bridgehead atoms. The number of nitriles is 1. The van der Waals surface area contributed by atoms with Gasteiger partial charge < -0.3 is 4.90 Å². The molecule has 1 aromatic rings. The Morgan fingerprint density at radius 3 is 2.71 bits per heavy atom. The molecule has 1 heterocycles. The average molecular weight is 269 g/mol. The summed E-state index contributed by atoms with van der Waals surface area (Å²) >= 11 is 5.75. The molecule has 5 heteroatoms. The lowest BCUT2D eigenvalue weighted by Crippen LogP contribution is -2.38. The van der Waals surface area contributed by atoms with Gasteiger partial charge in [0.05, 0.1) is 11.3 Å². The van der Waals surface area contributed by atoms with Crippen molar-refractivity contribution in [1.82, 2.24) is 0 Å². The van der Waals surface area contributed by atoms with Crippen LogP contribution in [-0.4, -0.2) is 28.8 Å². The van der Waals surface area contributed by atoms with Crippen LogP contribution in [0, 0.1) is 11.3 Å². The summed E-state index contributed by atoms with van der Waals surface area (Å²) in [7, 11) is -0.695. The van der Waals surface area contributed by atoms with Gasteiger partial charge in [-0.05, 0) is 17.7 Å². The first-order valence-electron chi connectivity index (χ1n) is 5.43. The zero-order valence-electron chi connectivity index (χ0n) is 9.36. The molecule has 2 rings (SSSR count). The Hall–Kier alpha value is -1.05. The molecule has 1 aliphatic rings. The molecule has 0 spiro atoms. The molecule has 1 aromatic carbocycles. The van der Waals surface area contributed by atoms with Crippen molar-refractivity contribution in [2.24, 2.45) is 0 Å². The van der Waals surface area contributed by atoms with Crippen LogP contribution < -0.4 is 4.90 Å². The van der Waals surface area contributed by atoms with Crippen molar-refractivity contribution in [3.05, 3.63) is 29.3 Å². The number of halogens is 1. The molecule has 0 amide bonds. The molecule has 0 aromatic heterocycles. The monoisotopic (exact) mass is 268 g/mol. The fourth-order valence-corrected chi connectivity index (χ4v) is 3.13. The predicted octanol–water partition coefficient (Wildman–Crippen LogP) is 1.87. The van der Waals surface area contributed by atoms with E-state index in [1.54, 1.807) is 0 Å². The topological polar surface area (TPSA) is 44.1 Å². The van der Waals surface area contributed by atoms with E-state index in [-0.39, 0.29) is 0 Å². The van der Waals surface area contributed by atoms with Crippen molar-refractivity contribution < 1.29 is 4.21 Å². The summed E-state index contributed by atoms with van der Waals surface area (Å²) in [6, 6.07) is 7.90. The van der Waals surface area contributed by atoms with Crippen molar-refractivity contribution in [3.63, 3.8) is 0 Å². The van der Waals surface area contributed by atoms with Crippen LogP contribution in [0.4, 0.5) is 5.69 Å². The van der Waals surface area contributed by atoms with Gasteiger partial charge in [-0.3, -0.25) is 4.21 Å². The van der Waals surface area contributed by atoms with E-state index in [2.05, 4.69) is 11.0 Å². The van der Waals surface area contributed by atoms with Crippen molar-refractivity contribution in [1.29, 1.82) is 5.26 Å². The lowest BCUT2D eigenvalue weighted by Gasteiger charge is -2.29. The van der Waals surface area contributed by atoms with Crippen molar-refractivity contribution in [3.8, 4) is 6.07 Å². The Labute approximate surface area is 108 Å². The second-order valence-corrected chi connectivity index (χ2v) is 5.90. The van der Waals surface area contributed by atoms with E-state index in [1.165, 1.54) is 0 Å². The van der Waals surface area contributed by atoms with Crippen LogP contribution in [-0.2, 0) is 16.7 Å². The summed E-state index contributed by atoms with van der Waals surface area (Å²) in [6.45, 7) is 1.50. The van der Waals surface area contributed by atoms with Crippen LogP contribution in [0.3, 0.4) is 0 Å². The maximum atomic E-state index is 11.3. The van der Waals surface area contributed by atoms with Gasteiger partial charge in [-0.2, -0.15) is 5.26 Å². The highest BCUT2D eigenvalue weighted by molar-refractivity contribution is 7.85. The number of hydrogen-bond donors (Lipinski definition) is 0. The summed E-state index contributed by atoms with van der Waals surface area (Å²) in [5, 5.41) is 9.14. The minimum atomic E-state index is -0.695. The molecule has 0 saturated carbocycles. The second kappa shape index (κ2) is 5.52. The molecule has 0 radical (unpaired) electrons. The zero-order chi connectivity index (χ0) is 12.3. The maximum absolute atomic E-state index is 11.3. The van der Waals surface area contributed by atoms with Gasteiger partial charge in [0.15, 0.2) is 0 Å². The molecule has 0 aliphatic carbocycles. The van der Waals surface area contributed by atoms with E-state index in [0.717, 1.165) is 24.3 Å². The van der Waals surface area contributed by atoms with Gasteiger partial charge in [0.25, 0.3) is 0 Å². The highest BCUT2D eigenvalue weighted by Crippen LogP contribution is 2.23. The van der Waals surface area contributed by atoms with E-state index < -0.39 is 10.8 Å². The van der Waals surface area contributed by atoms with Crippen LogP contribution in [0.2, 0.25) is 0 Å². The number of nitrogens with zero attached hydrogens (tertiary/aromatic N) is 2. The van der Waals surface area contributed by atoms with Gasteiger partial charge >= 0.3 is 0 Å². The van der Waals surface area contributed by atoms with Crippen molar-refractivity contribution in [2.45, 2.75) is 5.88 Å². The van der Waals surface area contributed by atoms with Gasteiger partial charge in [-0.25, -0.2) is 0 Å².